The molecule has 0 aliphatic rings. The third-order valence-electron chi connectivity index (χ3n) is 0.0971. The summed E-state index contributed by atoms with van der Waals surface area (Å²) in [6, 6.07) is 0. The van der Waals surface area contributed by atoms with Crippen molar-refractivity contribution in [2.24, 2.45) is 0 Å². The molecule has 2 N–H and O–H groups in total. The second-order valence-corrected chi connectivity index (χ2v) is 2.97. The van der Waals surface area contributed by atoms with Crippen LogP contribution in [-0.4, -0.2) is 32.5 Å². The molecule has 0 rings (SSSR count). The molecule has 0 spiro atoms. The first-order valence-corrected chi connectivity index (χ1v) is 3.41. The van der Waals surface area contributed by atoms with Crippen LogP contribution in [0.3, 0.4) is 0 Å². The van der Waals surface area contributed by atoms with Crippen LogP contribution in [0.2, 0.25) is 0 Å². The topological polar surface area (TPSA) is 66.8 Å². The molecule has 0 aliphatic heterocycles. The van der Waals surface area contributed by atoms with Gasteiger partial charge in [0.05, 0.1) is 0 Å². The Labute approximate surface area is 48.2 Å². The van der Waals surface area contributed by atoms with Crippen LogP contribution in [0.5, 0.6) is 0 Å². The Kier molecular flexibility index (Phi) is 2.61. The molecule has 4 nitrogen and oxygen atoms in total. The fourth-order valence-electron chi connectivity index (χ4n) is 0. The van der Waals surface area contributed by atoms with Crippen molar-refractivity contribution in [1.29, 1.82) is 0 Å². The fraction of sp³-hybridized carbons (Fsp3) is 0. The number of hydrogen-bond donors (Lipinski definition) is 2. The van der Waals surface area contributed by atoms with Crippen LogP contribution in [0.25, 0.3) is 0 Å². The number of phosphoric acid groups is 1. The summed E-state index contributed by atoms with van der Waals surface area (Å²) in [5, 5.41) is 0. The molecule has 0 heterocycles. The van der Waals surface area contributed by atoms with Gasteiger partial charge in [-0.15, -0.1) is 0 Å². The van der Waals surface area contributed by atoms with Crippen molar-refractivity contribution in [3.8, 4) is 0 Å². The third kappa shape index (κ3) is 4.90. The van der Waals surface area contributed by atoms with Crippen molar-refractivity contribution < 1.29 is 17.2 Å². The van der Waals surface area contributed by atoms with E-state index in [1.165, 1.54) is 0 Å². The van der Waals surface area contributed by atoms with Crippen molar-refractivity contribution >= 4 is 30.5 Å². The second kappa shape index (κ2) is 2.27. The molecule has 0 aromatic heterocycles. The van der Waals surface area contributed by atoms with E-state index < -0.39 is 7.82 Å². The number of hydrogen-bond acceptors (Lipinski definition) is 2. The van der Waals surface area contributed by atoms with Crippen molar-refractivity contribution in [3.63, 3.8) is 0 Å². The van der Waals surface area contributed by atoms with Gasteiger partial charge in [0.15, 0.2) is 0 Å². The van der Waals surface area contributed by atoms with Gasteiger partial charge in [-0.05, 0) is 0 Å². The molecule has 0 aliphatic carbocycles. The van der Waals surface area contributed by atoms with Crippen LogP contribution in [0, 0.1) is 0 Å². The summed E-state index contributed by atoms with van der Waals surface area (Å²) < 4.78 is 13.1. The number of rotatable bonds is 1. The molecule has 0 unspecified atom stereocenters. The van der Waals surface area contributed by atoms with E-state index in [0.717, 1.165) is 22.7 Å². The molecule has 0 atom stereocenters. The van der Waals surface area contributed by atoms with Crippen molar-refractivity contribution in [3.05, 3.63) is 0 Å². The average Bonchev–Trinajstić information content (AvgIpc) is 1.35. The molecule has 0 fully saturated rings. The van der Waals surface area contributed by atoms with Crippen molar-refractivity contribution in [1.82, 2.24) is 0 Å². The van der Waals surface area contributed by atoms with Gasteiger partial charge in [0, 0.05) is 0 Å². The van der Waals surface area contributed by atoms with E-state index in [1.807, 2.05) is 0 Å². The monoisotopic (exact) mass is 227 g/mol. The molecule has 6 heteroatoms. The normalized spacial score (nSPS) is 11.8. The summed E-state index contributed by atoms with van der Waals surface area (Å²) in [6.07, 6.45) is 0. The van der Waals surface area contributed by atoms with Gasteiger partial charge in [-0.2, -0.15) is 0 Å². The van der Waals surface area contributed by atoms with E-state index in [2.05, 4.69) is 2.89 Å². The van der Waals surface area contributed by atoms with Crippen molar-refractivity contribution in [2.45, 2.75) is 0 Å². The Balaban J connectivity index is 3.48. The summed E-state index contributed by atoms with van der Waals surface area (Å²) in [4.78, 5) is 15.4. The predicted molar refractivity (Wildman–Crippen MR) is 18.9 cm³/mol. The minimum absolute atomic E-state index is 0.883. The maximum absolute atomic E-state index is 9.47. The van der Waals surface area contributed by atoms with Crippen molar-refractivity contribution in [2.75, 3.05) is 0 Å². The molecule has 0 aromatic carbocycles. The third-order valence-corrected chi connectivity index (χ3v) is 1.95. The molecule has 0 saturated carbocycles. The van der Waals surface area contributed by atoms with Crippen LogP contribution in [0.4, 0.5) is 0 Å². The zero-order chi connectivity index (χ0) is 5.21. The van der Waals surface area contributed by atoms with Gasteiger partial charge in [-0.3, -0.25) is 0 Å². The van der Waals surface area contributed by atoms with Gasteiger partial charge in [-0.1, -0.05) is 0 Å². The van der Waals surface area contributed by atoms with Gasteiger partial charge in [0.1, 0.15) is 0 Å². The minimum atomic E-state index is -4.14. The average molecular weight is 225 g/mol. The quantitative estimate of drug-likeness (QED) is 0.451. The Morgan fingerprint density at radius 2 is 1.83 bits per heavy atom. The molecular formula is H2O4PTe. The van der Waals surface area contributed by atoms with Gasteiger partial charge in [-0.25, -0.2) is 0 Å². The standard InChI is InChI=1S/H2O4PTe/c1-5(2,3)4-6/h(H2,1,2,3). The molecule has 1 radical (unpaired) electrons. The molecular weight excluding hydrogens is 223 g/mol. The van der Waals surface area contributed by atoms with Crippen LogP contribution >= 0.6 is 7.82 Å². The van der Waals surface area contributed by atoms with Gasteiger partial charge < -0.3 is 0 Å². The molecule has 0 bridgehead atoms. The van der Waals surface area contributed by atoms with Gasteiger partial charge >= 0.3 is 47.8 Å². The Morgan fingerprint density at radius 3 is 1.83 bits per heavy atom. The Hall–Kier alpha value is 0.900. The van der Waals surface area contributed by atoms with Gasteiger partial charge in [0.25, 0.3) is 0 Å². The van der Waals surface area contributed by atoms with E-state index in [9.17, 15) is 4.57 Å². The summed E-state index contributed by atoms with van der Waals surface area (Å²) in [6.45, 7) is 0. The fourth-order valence-corrected chi connectivity index (χ4v) is 0. The molecule has 6 heavy (non-hydrogen) atoms. The maximum atomic E-state index is 9.47. The molecule has 0 amide bonds. The Bertz CT molecular complexity index is 71.6. The second-order valence-electron chi connectivity index (χ2n) is 0.565. The molecule has 37 valence electrons. The van der Waals surface area contributed by atoms with E-state index >= 15 is 0 Å². The first-order chi connectivity index (χ1) is 2.56. The molecule has 0 aromatic rings. The molecule has 0 saturated heterocycles. The first kappa shape index (κ1) is 6.90. The van der Waals surface area contributed by atoms with E-state index in [-0.39, 0.29) is 0 Å². The zero-order valence-corrected chi connectivity index (χ0v) is 5.79. The van der Waals surface area contributed by atoms with E-state index in [0.29, 0.717) is 0 Å². The summed E-state index contributed by atoms with van der Waals surface area (Å²) in [5.74, 6) is 0. The Morgan fingerprint density at radius 1 is 1.67 bits per heavy atom. The summed E-state index contributed by atoms with van der Waals surface area (Å²) in [7, 11) is -4.14. The van der Waals surface area contributed by atoms with Crippen LogP contribution in [0.15, 0.2) is 0 Å². The first-order valence-electron chi connectivity index (χ1n) is 0.932. The van der Waals surface area contributed by atoms with Crippen LogP contribution < -0.4 is 0 Å². The van der Waals surface area contributed by atoms with Gasteiger partial charge in [0.2, 0.25) is 0 Å². The predicted octanol–water partition coefficient (Wildman–Crippen LogP) is -0.821. The zero-order valence-electron chi connectivity index (χ0n) is 2.57. The SMILES string of the molecule is O=P(O)(O)O[Te]. The summed E-state index contributed by atoms with van der Waals surface area (Å²) >= 11 is 0.883. The summed E-state index contributed by atoms with van der Waals surface area (Å²) in [5.41, 5.74) is 0. The van der Waals surface area contributed by atoms with E-state index in [1.54, 1.807) is 0 Å². The van der Waals surface area contributed by atoms with Crippen LogP contribution in [0.1, 0.15) is 0 Å². The van der Waals surface area contributed by atoms with Crippen LogP contribution in [-0.2, 0) is 7.45 Å². The van der Waals surface area contributed by atoms with E-state index in [4.69, 9.17) is 9.79 Å².